The van der Waals surface area contributed by atoms with Crippen LogP contribution in [0.3, 0.4) is 0 Å². The number of hydrogen-bond acceptors (Lipinski definition) is 3. The van der Waals surface area contributed by atoms with Crippen LogP contribution in [0.25, 0.3) is 11.1 Å². The molecule has 1 amide bonds. The maximum absolute atomic E-state index is 12.9. The molecule has 0 spiro atoms. The molecule has 0 fully saturated rings. The third-order valence-electron chi connectivity index (χ3n) is 4.06. The fourth-order valence-electron chi connectivity index (χ4n) is 2.64. The Morgan fingerprint density at radius 2 is 1.64 bits per heavy atom. The summed E-state index contributed by atoms with van der Waals surface area (Å²) in [5.41, 5.74) is 1.35. The van der Waals surface area contributed by atoms with Gasteiger partial charge in [0.2, 0.25) is 0 Å². The third kappa shape index (κ3) is 4.88. The monoisotopic (exact) mass is 386 g/mol. The van der Waals surface area contributed by atoms with Gasteiger partial charge in [0.05, 0.1) is 5.56 Å². The largest absolute Gasteiger partial charge is 0.484 e. The molecule has 0 aliphatic rings. The molecule has 1 aromatic heterocycles. The maximum Gasteiger partial charge on any atom is 0.416 e. The maximum atomic E-state index is 12.9. The van der Waals surface area contributed by atoms with Gasteiger partial charge in [-0.1, -0.05) is 18.2 Å². The van der Waals surface area contributed by atoms with E-state index in [2.05, 4.69) is 10.3 Å². The Kier molecular flexibility index (Phi) is 5.63. The van der Waals surface area contributed by atoms with Crippen LogP contribution in [0.2, 0.25) is 0 Å². The number of nitrogens with one attached hydrogen (secondary N) is 1. The molecular weight excluding hydrogens is 369 g/mol. The average molecular weight is 386 g/mol. The highest BCUT2D eigenvalue weighted by Crippen LogP contribution is 2.33. The minimum atomic E-state index is -4.47. The minimum Gasteiger partial charge on any atom is -0.484 e. The highest BCUT2D eigenvalue weighted by atomic mass is 19.4. The number of carbonyl (C=O) groups excluding carboxylic acids is 1. The standard InChI is InChI=1S/C21H17F3N2O2/c1-14-2-5-17(12-19(14)21(22,23)24)26-20(27)13-28-18-6-3-15(4-7-18)16-8-10-25-11-9-16/h2-12H,13H2,1H3,(H,26,27). The lowest BCUT2D eigenvalue weighted by atomic mass is 10.1. The van der Waals surface area contributed by atoms with Crippen LogP contribution in [0.15, 0.2) is 67.0 Å². The van der Waals surface area contributed by atoms with Crippen molar-refractivity contribution >= 4 is 11.6 Å². The van der Waals surface area contributed by atoms with Crippen molar-refractivity contribution < 1.29 is 22.7 Å². The number of halogens is 3. The van der Waals surface area contributed by atoms with Gasteiger partial charge in [0.15, 0.2) is 6.61 Å². The van der Waals surface area contributed by atoms with E-state index < -0.39 is 17.6 Å². The van der Waals surface area contributed by atoms with Gasteiger partial charge in [-0.2, -0.15) is 13.2 Å². The summed E-state index contributed by atoms with van der Waals surface area (Å²) in [5, 5.41) is 2.42. The van der Waals surface area contributed by atoms with Gasteiger partial charge in [-0.05, 0) is 60.0 Å². The summed E-state index contributed by atoms with van der Waals surface area (Å²) < 4.78 is 44.3. The Morgan fingerprint density at radius 3 is 2.29 bits per heavy atom. The van der Waals surface area contributed by atoms with E-state index in [9.17, 15) is 18.0 Å². The Morgan fingerprint density at radius 1 is 1.00 bits per heavy atom. The second kappa shape index (κ2) is 8.12. The molecule has 3 rings (SSSR count). The number of anilines is 1. The number of amides is 1. The molecule has 0 atom stereocenters. The molecule has 0 aliphatic carbocycles. The quantitative estimate of drug-likeness (QED) is 0.664. The van der Waals surface area contributed by atoms with Gasteiger partial charge in [0.25, 0.3) is 5.91 Å². The van der Waals surface area contributed by atoms with E-state index in [0.717, 1.165) is 17.2 Å². The fourth-order valence-corrected chi connectivity index (χ4v) is 2.64. The van der Waals surface area contributed by atoms with Crippen LogP contribution in [0.5, 0.6) is 5.75 Å². The van der Waals surface area contributed by atoms with Crippen molar-refractivity contribution in [3.05, 3.63) is 78.1 Å². The molecule has 0 bridgehead atoms. The molecule has 28 heavy (non-hydrogen) atoms. The molecule has 3 aromatic rings. The smallest absolute Gasteiger partial charge is 0.416 e. The van der Waals surface area contributed by atoms with E-state index in [0.29, 0.717) is 5.75 Å². The molecule has 0 radical (unpaired) electrons. The predicted molar refractivity (Wildman–Crippen MR) is 100.0 cm³/mol. The molecule has 0 unspecified atom stereocenters. The summed E-state index contributed by atoms with van der Waals surface area (Å²) in [5.74, 6) is -0.0666. The van der Waals surface area contributed by atoms with Crippen LogP contribution >= 0.6 is 0 Å². The molecule has 0 saturated carbocycles. The van der Waals surface area contributed by atoms with E-state index in [1.54, 1.807) is 24.5 Å². The number of aromatic nitrogens is 1. The molecule has 2 aromatic carbocycles. The first-order chi connectivity index (χ1) is 13.3. The average Bonchev–Trinajstić information content (AvgIpc) is 2.68. The van der Waals surface area contributed by atoms with Crippen molar-refractivity contribution in [3.8, 4) is 16.9 Å². The Bertz CT molecular complexity index is 956. The van der Waals surface area contributed by atoms with Crippen molar-refractivity contribution in [2.75, 3.05) is 11.9 Å². The van der Waals surface area contributed by atoms with Crippen LogP contribution < -0.4 is 10.1 Å². The van der Waals surface area contributed by atoms with Gasteiger partial charge < -0.3 is 10.1 Å². The molecule has 0 saturated heterocycles. The van der Waals surface area contributed by atoms with Gasteiger partial charge in [0.1, 0.15) is 5.75 Å². The zero-order chi connectivity index (χ0) is 20.1. The second-order valence-corrected chi connectivity index (χ2v) is 6.12. The second-order valence-electron chi connectivity index (χ2n) is 6.12. The molecule has 0 aliphatic heterocycles. The number of hydrogen-bond donors (Lipinski definition) is 1. The van der Waals surface area contributed by atoms with Crippen LogP contribution in [0.4, 0.5) is 18.9 Å². The van der Waals surface area contributed by atoms with E-state index in [1.807, 2.05) is 24.3 Å². The van der Waals surface area contributed by atoms with Crippen LogP contribution in [-0.4, -0.2) is 17.5 Å². The molecule has 7 heteroatoms. The number of pyridine rings is 1. The summed E-state index contributed by atoms with van der Waals surface area (Å²) in [6.45, 7) is 1.05. The number of alkyl halides is 3. The SMILES string of the molecule is Cc1ccc(NC(=O)COc2ccc(-c3ccncc3)cc2)cc1C(F)(F)F. The number of benzene rings is 2. The fraction of sp³-hybridized carbons (Fsp3) is 0.143. The van der Waals surface area contributed by atoms with Crippen molar-refractivity contribution in [2.24, 2.45) is 0 Å². The highest BCUT2D eigenvalue weighted by molar-refractivity contribution is 5.92. The summed E-state index contributed by atoms with van der Waals surface area (Å²) in [6.07, 6.45) is -1.09. The molecule has 1 heterocycles. The number of carbonyl (C=O) groups is 1. The minimum absolute atomic E-state index is 0.0690. The molecule has 144 valence electrons. The zero-order valence-corrected chi connectivity index (χ0v) is 15.0. The first-order valence-corrected chi connectivity index (χ1v) is 8.44. The van der Waals surface area contributed by atoms with Gasteiger partial charge in [-0.3, -0.25) is 9.78 Å². The zero-order valence-electron chi connectivity index (χ0n) is 15.0. The summed E-state index contributed by atoms with van der Waals surface area (Å²) in [7, 11) is 0. The number of ether oxygens (including phenoxy) is 1. The first kappa shape index (κ1) is 19.4. The van der Waals surface area contributed by atoms with Crippen molar-refractivity contribution in [1.82, 2.24) is 4.98 Å². The lowest BCUT2D eigenvalue weighted by molar-refractivity contribution is -0.138. The lowest BCUT2D eigenvalue weighted by Gasteiger charge is -2.13. The molecule has 4 nitrogen and oxygen atoms in total. The molecule has 1 N–H and O–H groups in total. The number of nitrogens with zero attached hydrogens (tertiary/aromatic N) is 1. The van der Waals surface area contributed by atoms with Crippen LogP contribution in [0.1, 0.15) is 11.1 Å². The van der Waals surface area contributed by atoms with Crippen LogP contribution in [0, 0.1) is 6.92 Å². The Balaban J connectivity index is 1.59. The van der Waals surface area contributed by atoms with Crippen molar-refractivity contribution in [1.29, 1.82) is 0 Å². The summed E-state index contributed by atoms with van der Waals surface area (Å²) >= 11 is 0. The van der Waals surface area contributed by atoms with Crippen molar-refractivity contribution in [3.63, 3.8) is 0 Å². The third-order valence-corrected chi connectivity index (χ3v) is 4.06. The summed E-state index contributed by atoms with van der Waals surface area (Å²) in [6, 6.07) is 14.5. The Hall–Kier alpha value is -3.35. The normalized spacial score (nSPS) is 11.1. The van der Waals surface area contributed by atoms with Gasteiger partial charge in [0, 0.05) is 18.1 Å². The van der Waals surface area contributed by atoms with Gasteiger partial charge in [-0.25, -0.2) is 0 Å². The number of rotatable bonds is 5. The van der Waals surface area contributed by atoms with E-state index >= 15 is 0 Å². The molecular formula is C21H17F3N2O2. The predicted octanol–water partition coefficient (Wildman–Crippen LogP) is 5.09. The van der Waals surface area contributed by atoms with E-state index in [1.165, 1.54) is 19.1 Å². The Labute approximate surface area is 160 Å². The van der Waals surface area contributed by atoms with Gasteiger partial charge >= 0.3 is 6.18 Å². The summed E-state index contributed by atoms with van der Waals surface area (Å²) in [4.78, 5) is 16.0. The van der Waals surface area contributed by atoms with Crippen molar-refractivity contribution in [2.45, 2.75) is 13.1 Å². The topological polar surface area (TPSA) is 51.2 Å². The number of aryl methyl sites for hydroxylation is 1. The van der Waals surface area contributed by atoms with E-state index in [-0.39, 0.29) is 17.9 Å². The van der Waals surface area contributed by atoms with Crippen LogP contribution in [-0.2, 0) is 11.0 Å². The lowest BCUT2D eigenvalue weighted by Crippen LogP contribution is -2.20. The highest BCUT2D eigenvalue weighted by Gasteiger charge is 2.32. The van der Waals surface area contributed by atoms with E-state index in [4.69, 9.17) is 4.74 Å². The van der Waals surface area contributed by atoms with Gasteiger partial charge in [-0.15, -0.1) is 0 Å². The first-order valence-electron chi connectivity index (χ1n) is 8.44.